The molecule has 2 amide bonds. The van der Waals surface area contributed by atoms with Gasteiger partial charge in [0, 0.05) is 30.5 Å². The summed E-state index contributed by atoms with van der Waals surface area (Å²) in [6.45, 7) is 5.38. The molecule has 0 unspecified atom stereocenters. The number of carbonyl (C=O) groups is 1. The van der Waals surface area contributed by atoms with E-state index in [1.807, 2.05) is 51.2 Å². The molecule has 7 nitrogen and oxygen atoms in total. The van der Waals surface area contributed by atoms with Crippen LogP contribution in [0.3, 0.4) is 0 Å². The predicted molar refractivity (Wildman–Crippen MR) is 93.0 cm³/mol. The van der Waals surface area contributed by atoms with Crippen LogP contribution in [0.1, 0.15) is 11.3 Å². The standard InChI is InChI=1S/C16H22N6O/c1-11-5-4-6-13(9-11)20-16(23)22-15-19-12(2)10-14(21-15)18-8-7-17-3/h4-6,9-10,17H,7-8H2,1-3H3,(H3,18,19,20,21,22,23). The molecule has 0 spiro atoms. The lowest BCUT2D eigenvalue weighted by atomic mass is 10.2. The van der Waals surface area contributed by atoms with Crippen molar-refractivity contribution in [3.05, 3.63) is 41.6 Å². The molecule has 0 bridgehead atoms. The average molecular weight is 314 g/mol. The van der Waals surface area contributed by atoms with Crippen LogP contribution in [0.25, 0.3) is 0 Å². The molecule has 0 aliphatic carbocycles. The number of nitrogens with one attached hydrogen (secondary N) is 4. The van der Waals surface area contributed by atoms with E-state index in [1.54, 1.807) is 0 Å². The van der Waals surface area contributed by atoms with Gasteiger partial charge in [0.05, 0.1) is 0 Å². The third-order valence-corrected chi connectivity index (χ3v) is 3.04. The Kier molecular flexibility index (Phi) is 5.87. The zero-order valence-electron chi connectivity index (χ0n) is 13.6. The van der Waals surface area contributed by atoms with Gasteiger partial charge >= 0.3 is 6.03 Å². The Morgan fingerprint density at radius 1 is 1.09 bits per heavy atom. The molecule has 1 aromatic carbocycles. The third kappa shape index (κ3) is 5.55. The Labute approximate surface area is 135 Å². The number of urea groups is 1. The number of amides is 2. The van der Waals surface area contributed by atoms with Crippen molar-refractivity contribution >= 4 is 23.5 Å². The number of aromatic nitrogens is 2. The minimum absolute atomic E-state index is 0.266. The van der Waals surface area contributed by atoms with Crippen LogP contribution in [0, 0.1) is 13.8 Å². The molecule has 0 fully saturated rings. The minimum Gasteiger partial charge on any atom is -0.369 e. The first-order chi connectivity index (χ1) is 11.1. The molecule has 2 rings (SSSR count). The van der Waals surface area contributed by atoms with Crippen LogP contribution in [-0.4, -0.2) is 36.1 Å². The van der Waals surface area contributed by atoms with Gasteiger partial charge in [0.2, 0.25) is 5.95 Å². The number of hydrogen-bond acceptors (Lipinski definition) is 5. The Morgan fingerprint density at radius 3 is 2.65 bits per heavy atom. The smallest absolute Gasteiger partial charge is 0.326 e. The van der Waals surface area contributed by atoms with Crippen LogP contribution in [0.5, 0.6) is 0 Å². The Morgan fingerprint density at radius 2 is 1.91 bits per heavy atom. The summed E-state index contributed by atoms with van der Waals surface area (Å²) < 4.78 is 0. The van der Waals surface area contributed by atoms with Crippen LogP contribution in [0.4, 0.5) is 22.2 Å². The summed E-state index contributed by atoms with van der Waals surface area (Å²) in [6, 6.07) is 9.03. The molecular formula is C16H22N6O. The highest BCUT2D eigenvalue weighted by Crippen LogP contribution is 2.12. The summed E-state index contributed by atoms with van der Waals surface area (Å²) in [5.74, 6) is 0.945. The number of likely N-dealkylation sites (N-methyl/N-ethyl adjacent to an activating group) is 1. The lowest BCUT2D eigenvalue weighted by Gasteiger charge is -2.10. The molecule has 122 valence electrons. The maximum Gasteiger partial charge on any atom is 0.326 e. The Hall–Kier alpha value is -2.67. The Bertz CT molecular complexity index is 673. The monoisotopic (exact) mass is 314 g/mol. The van der Waals surface area contributed by atoms with Crippen molar-refractivity contribution in [3.63, 3.8) is 0 Å². The lowest BCUT2D eigenvalue weighted by Crippen LogP contribution is -2.22. The number of nitrogens with zero attached hydrogens (tertiary/aromatic N) is 2. The molecule has 4 N–H and O–H groups in total. The molecule has 0 saturated carbocycles. The van der Waals surface area contributed by atoms with E-state index in [4.69, 9.17) is 0 Å². The van der Waals surface area contributed by atoms with E-state index in [0.717, 1.165) is 30.0 Å². The summed E-state index contributed by atoms with van der Waals surface area (Å²) in [5.41, 5.74) is 2.57. The second kappa shape index (κ2) is 8.09. The van der Waals surface area contributed by atoms with E-state index in [0.29, 0.717) is 5.82 Å². The normalized spacial score (nSPS) is 10.2. The summed E-state index contributed by atoms with van der Waals surface area (Å²) in [6.07, 6.45) is 0. The maximum atomic E-state index is 12.0. The minimum atomic E-state index is -0.373. The van der Waals surface area contributed by atoms with Crippen LogP contribution in [0.15, 0.2) is 30.3 Å². The van der Waals surface area contributed by atoms with Crippen LogP contribution < -0.4 is 21.3 Å². The number of benzene rings is 1. The van der Waals surface area contributed by atoms with Crippen molar-refractivity contribution in [1.29, 1.82) is 0 Å². The summed E-state index contributed by atoms with van der Waals surface area (Å²) in [7, 11) is 1.88. The van der Waals surface area contributed by atoms with Crippen molar-refractivity contribution in [3.8, 4) is 0 Å². The van der Waals surface area contributed by atoms with Crippen molar-refractivity contribution in [1.82, 2.24) is 15.3 Å². The van der Waals surface area contributed by atoms with Crippen molar-refractivity contribution < 1.29 is 4.79 Å². The highest BCUT2D eigenvalue weighted by molar-refractivity contribution is 5.98. The van der Waals surface area contributed by atoms with E-state index >= 15 is 0 Å². The molecule has 0 aliphatic heterocycles. The molecular weight excluding hydrogens is 292 g/mol. The van der Waals surface area contributed by atoms with Gasteiger partial charge in [-0.1, -0.05) is 12.1 Å². The van der Waals surface area contributed by atoms with E-state index in [1.165, 1.54) is 0 Å². The number of hydrogen-bond donors (Lipinski definition) is 4. The van der Waals surface area contributed by atoms with E-state index in [2.05, 4.69) is 31.2 Å². The zero-order chi connectivity index (χ0) is 16.7. The van der Waals surface area contributed by atoms with Gasteiger partial charge in [0.25, 0.3) is 0 Å². The fourth-order valence-electron chi connectivity index (χ4n) is 2.02. The topological polar surface area (TPSA) is 91.0 Å². The van der Waals surface area contributed by atoms with Gasteiger partial charge in [0.15, 0.2) is 0 Å². The lowest BCUT2D eigenvalue weighted by molar-refractivity contribution is 0.262. The number of carbonyl (C=O) groups excluding carboxylic acids is 1. The maximum absolute atomic E-state index is 12.0. The first-order valence-electron chi connectivity index (χ1n) is 7.45. The van der Waals surface area contributed by atoms with E-state index in [9.17, 15) is 4.79 Å². The summed E-state index contributed by atoms with van der Waals surface area (Å²) >= 11 is 0. The molecule has 1 heterocycles. The fourth-order valence-corrected chi connectivity index (χ4v) is 2.02. The molecule has 7 heteroatoms. The zero-order valence-corrected chi connectivity index (χ0v) is 13.6. The molecule has 2 aromatic rings. The third-order valence-electron chi connectivity index (χ3n) is 3.04. The highest BCUT2D eigenvalue weighted by atomic mass is 16.2. The van der Waals surface area contributed by atoms with Gasteiger partial charge in [-0.05, 0) is 38.6 Å². The average Bonchev–Trinajstić information content (AvgIpc) is 2.46. The van der Waals surface area contributed by atoms with Gasteiger partial charge < -0.3 is 16.0 Å². The number of aryl methyl sites for hydroxylation is 2. The SMILES string of the molecule is CNCCNc1cc(C)nc(NC(=O)Nc2cccc(C)c2)n1. The van der Waals surface area contributed by atoms with Gasteiger partial charge in [-0.2, -0.15) is 4.98 Å². The predicted octanol–water partition coefficient (Wildman–Crippen LogP) is 2.37. The molecule has 1 aromatic heterocycles. The van der Waals surface area contributed by atoms with Crippen LogP contribution in [0.2, 0.25) is 0 Å². The highest BCUT2D eigenvalue weighted by Gasteiger charge is 2.07. The molecule has 0 saturated heterocycles. The van der Waals surface area contributed by atoms with E-state index < -0.39 is 0 Å². The first kappa shape index (κ1) is 16.7. The van der Waals surface area contributed by atoms with Crippen LogP contribution in [-0.2, 0) is 0 Å². The van der Waals surface area contributed by atoms with Gasteiger partial charge in [-0.25, -0.2) is 9.78 Å². The fraction of sp³-hybridized carbons (Fsp3) is 0.312. The van der Waals surface area contributed by atoms with Crippen molar-refractivity contribution in [2.75, 3.05) is 36.1 Å². The summed E-state index contributed by atoms with van der Waals surface area (Å²) in [4.78, 5) is 20.5. The summed E-state index contributed by atoms with van der Waals surface area (Å²) in [5, 5.41) is 11.6. The second-order valence-corrected chi connectivity index (χ2v) is 5.20. The van der Waals surface area contributed by atoms with Gasteiger partial charge in [-0.15, -0.1) is 0 Å². The largest absolute Gasteiger partial charge is 0.369 e. The quantitative estimate of drug-likeness (QED) is 0.615. The first-order valence-corrected chi connectivity index (χ1v) is 7.45. The Balaban J connectivity index is 1.99. The van der Waals surface area contributed by atoms with Crippen LogP contribution >= 0.6 is 0 Å². The van der Waals surface area contributed by atoms with Crippen molar-refractivity contribution in [2.45, 2.75) is 13.8 Å². The second-order valence-electron chi connectivity index (χ2n) is 5.20. The molecule has 0 radical (unpaired) electrons. The number of anilines is 3. The van der Waals surface area contributed by atoms with Crippen molar-refractivity contribution in [2.24, 2.45) is 0 Å². The van der Waals surface area contributed by atoms with Gasteiger partial charge in [0.1, 0.15) is 5.82 Å². The van der Waals surface area contributed by atoms with Gasteiger partial charge in [-0.3, -0.25) is 5.32 Å². The molecule has 0 atom stereocenters. The molecule has 23 heavy (non-hydrogen) atoms. The van der Waals surface area contributed by atoms with E-state index in [-0.39, 0.29) is 12.0 Å². The number of rotatable bonds is 6. The molecule has 0 aliphatic rings.